The van der Waals surface area contributed by atoms with Gasteiger partial charge in [0.2, 0.25) is 100 Å². The minimum atomic E-state index is -2.27. The number of nitrogens with zero attached hydrogens (tertiary/aromatic N) is 1. The number of primary amides is 2. The summed E-state index contributed by atoms with van der Waals surface area (Å²) in [6.07, 6.45) is 0.140. The molecule has 4 aromatic carbocycles. The summed E-state index contributed by atoms with van der Waals surface area (Å²) in [6.45, 7) is 14.7. The molecule has 5 aromatic rings. The predicted molar refractivity (Wildman–Crippen MR) is 521 cm³/mol. The van der Waals surface area contributed by atoms with Crippen LogP contribution in [-0.2, 0) is 110 Å². The molecule has 17 atom stereocenters. The Bertz CT molecular complexity index is 5180. The minimum absolute atomic E-state index is 0.120. The number of likely N-dealkylation sites (N-methyl/N-ethyl adjacent to an activating group) is 1. The third-order valence-electron chi connectivity index (χ3n) is 25.4. The molecule has 3 heterocycles. The van der Waals surface area contributed by atoms with E-state index in [2.05, 4.69) is 79.4 Å². The van der Waals surface area contributed by atoms with Crippen LogP contribution in [0.5, 0.6) is 5.75 Å². The number of nitrogens with one attached hydrogen (secondary N) is 15. The average Bonchev–Trinajstić information content (AvgIpc) is 1.80. The fourth-order valence-electron chi connectivity index (χ4n) is 17.0. The highest BCUT2D eigenvalue weighted by molar-refractivity contribution is 8.00. The number of phenols is 1. The van der Waals surface area contributed by atoms with Crippen LogP contribution >= 0.6 is 11.8 Å². The number of aliphatic hydroxyl groups is 2. The molecule has 43 heteroatoms. The molecule has 141 heavy (non-hydrogen) atoms. The molecule has 3 aliphatic rings. The van der Waals surface area contributed by atoms with Gasteiger partial charge in [0.05, 0.1) is 30.3 Å². The van der Waals surface area contributed by atoms with Gasteiger partial charge in [-0.05, 0) is 142 Å². The second kappa shape index (κ2) is 54.0. The number of nitrogens with two attached hydrogens (primary N) is 3. The summed E-state index contributed by atoms with van der Waals surface area (Å²) in [5.41, 5.74) is 18.9. The summed E-state index contributed by atoms with van der Waals surface area (Å²) in [5.74, 6) is -24.0. The lowest BCUT2D eigenvalue weighted by molar-refractivity contribution is -0.143. The Hall–Kier alpha value is -13.1. The Morgan fingerprint density at radius 3 is 1.60 bits per heavy atom. The first-order chi connectivity index (χ1) is 66.7. The minimum Gasteiger partial charge on any atom is -0.508 e. The molecule has 3 fully saturated rings. The van der Waals surface area contributed by atoms with Gasteiger partial charge in [-0.25, -0.2) is 0 Å². The van der Waals surface area contributed by atoms with Gasteiger partial charge in [0.25, 0.3) is 0 Å². The van der Waals surface area contributed by atoms with Crippen molar-refractivity contribution in [3.8, 4) is 16.9 Å². The number of aliphatic carboxylic acids is 1. The highest BCUT2D eigenvalue weighted by Gasteiger charge is 2.45. The van der Waals surface area contributed by atoms with Crippen LogP contribution in [0.2, 0.25) is 0 Å². The van der Waals surface area contributed by atoms with E-state index in [0.29, 0.717) is 59.5 Å². The maximum atomic E-state index is 15.5. The second-order valence-electron chi connectivity index (χ2n) is 37.9. The van der Waals surface area contributed by atoms with Gasteiger partial charge in [-0.1, -0.05) is 165 Å². The zero-order valence-corrected chi connectivity index (χ0v) is 82.3. The van der Waals surface area contributed by atoms with Crippen LogP contribution in [0.4, 0.5) is 0 Å². The van der Waals surface area contributed by atoms with Crippen LogP contribution in [0.1, 0.15) is 169 Å². The number of carboxylic acid groups (broad SMARTS) is 1. The number of carboxylic acids is 1. The molecule has 2 saturated heterocycles. The van der Waals surface area contributed by atoms with E-state index in [9.17, 15) is 73.2 Å². The highest BCUT2D eigenvalue weighted by Crippen LogP contribution is 2.30. The standard InChI is InChI=1S/C98H139N19O23S/c1-12-53(6)79-97(138)117(11)54(7)84(125)104-67(41-51(2)3)86(127)108-72(46-75(100)120)88(129)106-70(42-56-21-15-13-16-22-56)92(133)116-82(98(9,10)139)96(137)114-80(55(8)118)95(136)111-74(93(134)115-81(83(101)124)61-36-39-140-40-37-61)49-141-50-76(121)103-66(35-38-99)85(126)105-68(44-58-29-33-63(119)34-30-58)87(128)109-73(47-77(122)123)89(130)107-71(45-62-48-102-65-26-20-19-25-64(62)65)91(132)112-78(52(4)5)94(135)110-69(90(131)113-79)43-57-27-31-60(32-28-57)59-23-17-14-18-24-59/h14,17-20,23-34,48,51-56,61,66-74,78-82,102,118-119,139H,12-13,15-16,21-22,35-47,49-50,99H2,1-11H3,(H2,100,120)(H2,101,124)(H,103,121)(H,104,125)(H,105,126)(H,106,129)(H,107,130)(H,108,127)(H,109,128)(H,110,135)(H,111,136)(H,112,132)(H,113,131)(H,114,137)(H,115,134)(H,116,133)(H,122,123)/t53?,54-,55?,66-,67+,68-,69-,70-,71-,72-,73-,74-,78-,79-,80-,81?,82+/m0/s1. The third kappa shape index (κ3) is 34.4. The van der Waals surface area contributed by atoms with Gasteiger partial charge < -0.3 is 127 Å². The van der Waals surface area contributed by atoms with E-state index < -0.39 is 257 Å². The van der Waals surface area contributed by atoms with E-state index in [-0.39, 0.29) is 94.3 Å². The van der Waals surface area contributed by atoms with Gasteiger partial charge in [0, 0.05) is 62.4 Å². The average molecular weight is 1980 g/mol. The van der Waals surface area contributed by atoms with E-state index in [1.165, 1.54) is 38.2 Å². The van der Waals surface area contributed by atoms with Crippen molar-refractivity contribution in [2.45, 2.75) is 274 Å². The maximum absolute atomic E-state index is 15.5. The molecule has 1 aromatic heterocycles. The molecule has 8 rings (SSSR count). The molecular weight excluding hydrogens is 1840 g/mol. The van der Waals surface area contributed by atoms with E-state index in [0.717, 1.165) is 43.2 Å². The van der Waals surface area contributed by atoms with Crippen LogP contribution in [0.3, 0.4) is 0 Å². The number of carbonyl (C=O) groups is 18. The number of hydrogen-bond acceptors (Lipinski definition) is 24. The van der Waals surface area contributed by atoms with Gasteiger partial charge in [0.1, 0.15) is 96.4 Å². The third-order valence-corrected chi connectivity index (χ3v) is 26.5. The number of para-hydroxylation sites is 1. The number of amides is 17. The summed E-state index contributed by atoms with van der Waals surface area (Å²) in [5, 5.41) is 80.7. The number of fused-ring (bicyclic) bond motifs is 1. The number of aliphatic hydroxyl groups excluding tert-OH is 1. The van der Waals surface area contributed by atoms with E-state index >= 15 is 33.6 Å². The summed E-state index contributed by atoms with van der Waals surface area (Å²) >= 11 is 0.675. The maximum Gasteiger partial charge on any atom is 0.305 e. The lowest BCUT2D eigenvalue weighted by Gasteiger charge is -2.34. The van der Waals surface area contributed by atoms with Gasteiger partial charge in [-0.15, -0.1) is 11.8 Å². The second-order valence-corrected chi connectivity index (χ2v) is 39.0. The quantitative estimate of drug-likeness (QED) is 0.0330. The molecule has 3 unspecified atom stereocenters. The number of ether oxygens (including phenoxy) is 1. The van der Waals surface area contributed by atoms with Crippen molar-refractivity contribution in [2.75, 3.05) is 38.3 Å². The van der Waals surface area contributed by atoms with Crippen molar-refractivity contribution in [2.24, 2.45) is 46.8 Å². The Kier molecular flexibility index (Phi) is 43.4. The number of phenolic OH excluding ortho intramolecular Hbond substituents is 1. The zero-order valence-electron chi connectivity index (χ0n) is 81.5. The molecule has 42 nitrogen and oxygen atoms in total. The number of H-pyrrole nitrogens is 1. The normalized spacial score (nSPS) is 25.0. The molecule has 0 spiro atoms. The number of rotatable bonds is 26. The van der Waals surface area contributed by atoms with Crippen molar-refractivity contribution in [3.63, 3.8) is 0 Å². The summed E-state index contributed by atoms with van der Waals surface area (Å²) < 4.78 is 5.48. The number of hydrogen-bond donors (Lipinski definition) is 22. The van der Waals surface area contributed by atoms with Crippen LogP contribution in [-0.4, -0.2) is 277 Å². The SMILES string of the molecule is CCC(C)[C@@H]1NC(=O)[C@H](Cc2ccc(-c3ccccc3)cc2)NC(=O)[C@H](C(C)C)NC(=O)[C@H](Cc2c[nH]c3ccccc23)NC(=O)[C@H](CC(=O)O)NC(=O)[C@H](Cc2ccc(O)cc2)NC(=O)[C@H](CCN)NC(=O)CSC[C@@H](C(=O)NC(C(N)=O)C2CCOCC2)NC(=O)[C@H](C(C)O)NC(=O)[C@H](C(C)(C)O)NC(=O)[C@H](CC2CCCCC2)NC(=O)[C@H](CC(N)=O)NC(=O)[C@@H](CC(C)C)NC(=O)[C@H](C)N(C)C1=O. The topological polar surface area (TPSA) is 663 Å². The fraction of sp³-hybridized carbons (Fsp3) is 0.551. The Morgan fingerprint density at radius 1 is 0.546 bits per heavy atom. The lowest BCUT2D eigenvalue weighted by Crippen LogP contribution is -2.65. The smallest absolute Gasteiger partial charge is 0.305 e. The predicted octanol–water partition coefficient (Wildman–Crippen LogP) is -0.570. The Morgan fingerprint density at radius 2 is 1.04 bits per heavy atom. The summed E-state index contributed by atoms with van der Waals surface area (Å²) in [6, 6.07) is 3.05. The van der Waals surface area contributed by atoms with E-state index in [1.807, 2.05) is 30.3 Å². The van der Waals surface area contributed by atoms with E-state index in [4.69, 9.17) is 21.9 Å². The molecule has 770 valence electrons. The lowest BCUT2D eigenvalue weighted by atomic mass is 9.84. The van der Waals surface area contributed by atoms with Crippen molar-refractivity contribution < 1.29 is 111 Å². The Labute approximate surface area is 823 Å². The fourth-order valence-corrected chi connectivity index (χ4v) is 17.8. The van der Waals surface area contributed by atoms with Crippen molar-refractivity contribution in [1.29, 1.82) is 0 Å². The first-order valence-electron chi connectivity index (χ1n) is 47.8. The molecule has 1 aliphatic carbocycles. The van der Waals surface area contributed by atoms with Gasteiger partial charge in [-0.2, -0.15) is 0 Å². The number of aromatic amines is 1. The number of aromatic nitrogens is 1. The van der Waals surface area contributed by atoms with Crippen LogP contribution < -0.4 is 91.6 Å². The largest absolute Gasteiger partial charge is 0.508 e. The first kappa shape index (κ1) is 113. The van der Waals surface area contributed by atoms with Gasteiger partial charge in [0.15, 0.2) is 0 Å². The molecule has 1 saturated carbocycles. The number of carbonyl (C=O) groups excluding carboxylic acids is 17. The van der Waals surface area contributed by atoms with Crippen molar-refractivity contribution in [1.82, 2.24) is 84.3 Å². The molecule has 17 amide bonds. The number of benzene rings is 4. The first-order valence-corrected chi connectivity index (χ1v) is 48.9. The highest BCUT2D eigenvalue weighted by atomic mass is 32.2. The Balaban J connectivity index is 1.21. The van der Waals surface area contributed by atoms with Gasteiger partial charge in [-0.3, -0.25) is 86.3 Å². The van der Waals surface area contributed by atoms with Crippen LogP contribution in [0.25, 0.3) is 22.0 Å². The van der Waals surface area contributed by atoms with Crippen molar-refractivity contribution in [3.05, 3.63) is 126 Å². The van der Waals surface area contributed by atoms with E-state index in [1.54, 1.807) is 96.3 Å². The molecular formula is C98H139N19O23S. The number of thioether (sulfide) groups is 1. The van der Waals surface area contributed by atoms with Crippen LogP contribution in [0, 0.1) is 29.6 Å². The molecule has 0 bridgehead atoms. The van der Waals surface area contributed by atoms with Gasteiger partial charge >= 0.3 is 5.97 Å². The summed E-state index contributed by atoms with van der Waals surface area (Å²) in [4.78, 5) is 268. The zero-order chi connectivity index (χ0) is 104. The molecule has 2 aliphatic heterocycles. The molecule has 0 radical (unpaired) electrons. The summed E-state index contributed by atoms with van der Waals surface area (Å²) in [7, 11) is 1.28. The monoisotopic (exact) mass is 1980 g/mol. The molecule has 25 N–H and O–H groups in total. The van der Waals surface area contributed by atoms with Crippen LogP contribution in [0.15, 0.2) is 109 Å². The number of aromatic hydroxyl groups is 1. The van der Waals surface area contributed by atoms with Crippen molar-refractivity contribution >= 4 is 129 Å².